The summed E-state index contributed by atoms with van der Waals surface area (Å²) in [5.74, 6) is 0.667. The quantitative estimate of drug-likeness (QED) is 0.716. The molecule has 0 spiro atoms. The Morgan fingerprint density at radius 3 is 2.47 bits per heavy atom. The fourth-order valence-electron chi connectivity index (χ4n) is 2.01. The Balaban J connectivity index is 2.49. The number of amides is 1. The van der Waals surface area contributed by atoms with Crippen LogP contribution in [0.3, 0.4) is 0 Å². The van der Waals surface area contributed by atoms with Gasteiger partial charge in [-0.2, -0.15) is 0 Å². The molecule has 0 bridgehead atoms. The highest BCUT2D eigenvalue weighted by Crippen LogP contribution is 2.21. The number of rotatable bonds is 3. The molecule has 1 saturated carbocycles. The van der Waals surface area contributed by atoms with Gasteiger partial charge in [-0.3, -0.25) is 9.59 Å². The van der Waals surface area contributed by atoms with Gasteiger partial charge in [0.2, 0.25) is 5.91 Å². The fourth-order valence-corrected chi connectivity index (χ4v) is 2.01. The van der Waals surface area contributed by atoms with Crippen LogP contribution in [0.5, 0.6) is 0 Å². The number of ketones is 1. The molecule has 0 aliphatic heterocycles. The van der Waals surface area contributed by atoms with Crippen molar-refractivity contribution in [1.29, 1.82) is 0 Å². The number of hydrogen-bond donors (Lipinski definition) is 0. The second-order valence-corrected chi connectivity index (χ2v) is 4.53. The van der Waals surface area contributed by atoms with E-state index < -0.39 is 0 Å². The van der Waals surface area contributed by atoms with Gasteiger partial charge < -0.3 is 4.90 Å². The summed E-state index contributed by atoms with van der Waals surface area (Å²) >= 11 is 0. The first-order valence-corrected chi connectivity index (χ1v) is 5.84. The smallest absolute Gasteiger partial charge is 0.225 e. The molecule has 0 aromatic heterocycles. The molecule has 0 aromatic rings. The first kappa shape index (κ1) is 12.2. The molecule has 3 heteroatoms. The van der Waals surface area contributed by atoms with Gasteiger partial charge in [0.15, 0.2) is 0 Å². The third-order valence-electron chi connectivity index (χ3n) is 3.44. The molecule has 3 nitrogen and oxygen atoms in total. The van der Waals surface area contributed by atoms with Crippen LogP contribution in [0, 0.1) is 5.92 Å². The normalized spacial score (nSPS) is 20.1. The topological polar surface area (TPSA) is 37.4 Å². The van der Waals surface area contributed by atoms with Crippen LogP contribution in [0.25, 0.3) is 0 Å². The Bertz CT molecular complexity index is 240. The molecule has 15 heavy (non-hydrogen) atoms. The molecular formula is C12H21NO2. The summed E-state index contributed by atoms with van der Waals surface area (Å²) in [6.07, 6.45) is 3.86. The zero-order valence-electron chi connectivity index (χ0n) is 9.95. The van der Waals surface area contributed by atoms with Crippen LogP contribution in [0.15, 0.2) is 0 Å². The van der Waals surface area contributed by atoms with Gasteiger partial charge in [-0.25, -0.2) is 0 Å². The van der Waals surface area contributed by atoms with E-state index in [4.69, 9.17) is 0 Å². The second kappa shape index (κ2) is 5.29. The van der Waals surface area contributed by atoms with Crippen molar-refractivity contribution in [1.82, 2.24) is 4.90 Å². The van der Waals surface area contributed by atoms with E-state index in [1.165, 1.54) is 0 Å². The van der Waals surface area contributed by atoms with Crippen LogP contribution in [-0.4, -0.2) is 29.7 Å². The van der Waals surface area contributed by atoms with Gasteiger partial charge in [0.1, 0.15) is 5.78 Å². The molecule has 1 fully saturated rings. The number of carbonyl (C=O) groups is 2. The van der Waals surface area contributed by atoms with Crippen LogP contribution < -0.4 is 0 Å². The summed E-state index contributed by atoms with van der Waals surface area (Å²) < 4.78 is 0. The zero-order chi connectivity index (χ0) is 11.4. The largest absolute Gasteiger partial charge is 0.343 e. The van der Waals surface area contributed by atoms with Crippen LogP contribution in [-0.2, 0) is 9.59 Å². The van der Waals surface area contributed by atoms with Gasteiger partial charge in [-0.1, -0.05) is 13.8 Å². The molecule has 0 radical (unpaired) electrons. The van der Waals surface area contributed by atoms with Gasteiger partial charge in [0, 0.05) is 31.8 Å². The molecule has 1 unspecified atom stereocenters. The second-order valence-electron chi connectivity index (χ2n) is 4.53. The standard InChI is InChI=1S/C12H21NO2/c1-4-9(2)12(15)13(3)10-5-7-11(14)8-6-10/h9-10H,4-8H2,1-3H3. The molecule has 1 aliphatic rings. The van der Waals surface area contributed by atoms with E-state index in [1.54, 1.807) is 0 Å². The zero-order valence-corrected chi connectivity index (χ0v) is 9.95. The highest BCUT2D eigenvalue weighted by molar-refractivity contribution is 5.81. The average Bonchev–Trinajstić information content (AvgIpc) is 2.27. The van der Waals surface area contributed by atoms with Crippen molar-refractivity contribution in [3.05, 3.63) is 0 Å². The molecule has 0 heterocycles. The monoisotopic (exact) mass is 211 g/mol. The lowest BCUT2D eigenvalue weighted by atomic mass is 9.92. The molecule has 0 N–H and O–H groups in total. The lowest BCUT2D eigenvalue weighted by molar-refractivity contribution is -0.137. The van der Waals surface area contributed by atoms with E-state index >= 15 is 0 Å². The SMILES string of the molecule is CCC(C)C(=O)N(C)C1CCC(=O)CC1. The first-order valence-electron chi connectivity index (χ1n) is 5.84. The summed E-state index contributed by atoms with van der Waals surface area (Å²) in [6.45, 7) is 3.99. The fraction of sp³-hybridized carbons (Fsp3) is 0.833. The minimum Gasteiger partial charge on any atom is -0.343 e. The number of hydrogen-bond acceptors (Lipinski definition) is 2. The summed E-state index contributed by atoms with van der Waals surface area (Å²) in [7, 11) is 1.87. The van der Waals surface area contributed by atoms with E-state index in [9.17, 15) is 9.59 Å². The van der Waals surface area contributed by atoms with Crippen molar-refractivity contribution in [2.75, 3.05) is 7.05 Å². The Morgan fingerprint density at radius 2 is 2.00 bits per heavy atom. The van der Waals surface area contributed by atoms with E-state index in [1.807, 2.05) is 25.8 Å². The first-order chi connectivity index (χ1) is 7.06. The molecule has 1 rings (SSSR count). The third-order valence-corrected chi connectivity index (χ3v) is 3.44. The third kappa shape index (κ3) is 3.05. The van der Waals surface area contributed by atoms with E-state index in [0.29, 0.717) is 18.6 Å². The highest BCUT2D eigenvalue weighted by atomic mass is 16.2. The molecule has 86 valence electrons. The van der Waals surface area contributed by atoms with E-state index in [0.717, 1.165) is 19.3 Å². The number of carbonyl (C=O) groups excluding carboxylic acids is 2. The van der Waals surface area contributed by atoms with Gasteiger partial charge in [0.05, 0.1) is 0 Å². The molecule has 1 amide bonds. The van der Waals surface area contributed by atoms with Crippen molar-refractivity contribution in [2.24, 2.45) is 5.92 Å². The summed E-state index contributed by atoms with van der Waals surface area (Å²) in [4.78, 5) is 24.8. The summed E-state index contributed by atoms with van der Waals surface area (Å²) in [6, 6.07) is 0.282. The van der Waals surface area contributed by atoms with Gasteiger partial charge >= 0.3 is 0 Å². The Hall–Kier alpha value is -0.860. The van der Waals surface area contributed by atoms with Crippen LogP contribution in [0.4, 0.5) is 0 Å². The van der Waals surface area contributed by atoms with Crippen LogP contribution >= 0.6 is 0 Å². The minimum absolute atomic E-state index is 0.104. The maximum atomic E-state index is 11.9. The van der Waals surface area contributed by atoms with Gasteiger partial charge in [-0.15, -0.1) is 0 Å². The average molecular weight is 211 g/mol. The lowest BCUT2D eigenvalue weighted by Gasteiger charge is -2.32. The minimum atomic E-state index is 0.104. The molecule has 1 aliphatic carbocycles. The molecule has 0 saturated heterocycles. The maximum absolute atomic E-state index is 11.9. The Kier molecular flexibility index (Phi) is 4.30. The van der Waals surface area contributed by atoms with Gasteiger partial charge in [-0.05, 0) is 19.3 Å². The Labute approximate surface area is 91.8 Å². The van der Waals surface area contributed by atoms with Crippen molar-refractivity contribution in [3.63, 3.8) is 0 Å². The van der Waals surface area contributed by atoms with Crippen molar-refractivity contribution >= 4 is 11.7 Å². The lowest BCUT2D eigenvalue weighted by Crippen LogP contribution is -2.41. The van der Waals surface area contributed by atoms with Crippen molar-refractivity contribution in [2.45, 2.75) is 52.0 Å². The predicted octanol–water partition coefficient (Wildman–Crippen LogP) is 2.00. The summed E-state index contributed by atoms with van der Waals surface area (Å²) in [5.41, 5.74) is 0. The maximum Gasteiger partial charge on any atom is 0.225 e. The summed E-state index contributed by atoms with van der Waals surface area (Å²) in [5, 5.41) is 0. The molecule has 1 atom stereocenters. The van der Waals surface area contributed by atoms with Crippen LogP contribution in [0.1, 0.15) is 46.0 Å². The molecule has 0 aromatic carbocycles. The van der Waals surface area contributed by atoms with E-state index in [-0.39, 0.29) is 17.9 Å². The van der Waals surface area contributed by atoms with Crippen molar-refractivity contribution < 1.29 is 9.59 Å². The highest BCUT2D eigenvalue weighted by Gasteiger charge is 2.26. The number of Topliss-reactive ketones (excluding diaryl/α,β-unsaturated/α-hetero) is 1. The number of nitrogens with zero attached hydrogens (tertiary/aromatic N) is 1. The van der Waals surface area contributed by atoms with Crippen molar-refractivity contribution in [3.8, 4) is 0 Å². The predicted molar refractivity (Wildman–Crippen MR) is 59.5 cm³/mol. The van der Waals surface area contributed by atoms with E-state index in [2.05, 4.69) is 0 Å². The van der Waals surface area contributed by atoms with Crippen LogP contribution in [0.2, 0.25) is 0 Å². The molecular weight excluding hydrogens is 190 g/mol. The van der Waals surface area contributed by atoms with Gasteiger partial charge in [0.25, 0.3) is 0 Å². The Morgan fingerprint density at radius 1 is 1.47 bits per heavy atom.